The lowest BCUT2D eigenvalue weighted by atomic mass is 10.2. The van der Waals surface area contributed by atoms with Crippen LogP contribution in [-0.4, -0.2) is 15.7 Å². The third kappa shape index (κ3) is 5.70. The minimum absolute atomic E-state index is 0.0178. The first-order valence-corrected chi connectivity index (χ1v) is 11.8. The van der Waals surface area contributed by atoms with Crippen LogP contribution in [-0.2, 0) is 13.2 Å². The highest BCUT2D eigenvalue weighted by molar-refractivity contribution is 9.10. The first-order valence-electron chi connectivity index (χ1n) is 9.54. The highest BCUT2D eigenvalue weighted by Crippen LogP contribution is 2.36. The van der Waals surface area contributed by atoms with E-state index in [1.54, 1.807) is 18.3 Å². The molecule has 0 saturated carbocycles. The van der Waals surface area contributed by atoms with E-state index in [-0.39, 0.29) is 51.1 Å². The van der Waals surface area contributed by atoms with Crippen LogP contribution in [0.15, 0.2) is 57.6 Å². The van der Waals surface area contributed by atoms with Gasteiger partial charge in [-0.2, -0.15) is 5.10 Å². The Hall–Kier alpha value is -2.23. The molecule has 6 nitrogen and oxygen atoms in total. The number of hydrogen-bond donors (Lipinski definition) is 1. The Morgan fingerprint density at radius 1 is 1.12 bits per heavy atom. The first-order chi connectivity index (χ1) is 16.2. The Morgan fingerprint density at radius 2 is 1.85 bits per heavy atom. The fourth-order valence-electron chi connectivity index (χ4n) is 2.96. The molecule has 176 valence electrons. The Bertz CT molecular complexity index is 1330. The van der Waals surface area contributed by atoms with Crippen molar-refractivity contribution < 1.29 is 18.3 Å². The van der Waals surface area contributed by atoms with Crippen molar-refractivity contribution in [2.45, 2.75) is 13.2 Å². The highest BCUT2D eigenvalue weighted by atomic mass is 79.9. The molecule has 12 heteroatoms. The smallest absolute Gasteiger partial charge is 0.292 e. The minimum atomic E-state index is -0.538. The van der Waals surface area contributed by atoms with Crippen LogP contribution in [0, 0.1) is 5.82 Å². The first kappa shape index (κ1) is 24.9. The molecule has 0 saturated heterocycles. The van der Waals surface area contributed by atoms with Crippen LogP contribution < -0.4 is 10.1 Å². The number of anilines is 1. The second kappa shape index (κ2) is 10.6. The number of carbonyl (C=O) groups excluding carboxylic acids is 1. The van der Waals surface area contributed by atoms with Crippen molar-refractivity contribution in [1.29, 1.82) is 0 Å². The molecule has 0 aliphatic carbocycles. The van der Waals surface area contributed by atoms with Gasteiger partial charge in [-0.15, -0.1) is 0 Å². The van der Waals surface area contributed by atoms with Gasteiger partial charge in [-0.1, -0.05) is 52.5 Å². The van der Waals surface area contributed by atoms with E-state index in [1.807, 2.05) is 0 Å². The molecule has 1 amide bonds. The summed E-state index contributed by atoms with van der Waals surface area (Å²) < 4.78 is 27.2. The molecule has 0 atom stereocenters. The molecule has 2 aromatic heterocycles. The maximum Gasteiger partial charge on any atom is 0.292 e. The van der Waals surface area contributed by atoms with E-state index in [4.69, 9.17) is 55.6 Å². The summed E-state index contributed by atoms with van der Waals surface area (Å²) in [4.78, 5) is 12.6. The summed E-state index contributed by atoms with van der Waals surface area (Å²) in [6, 6.07) is 10.5. The third-order valence-corrected chi connectivity index (χ3v) is 6.25. The Morgan fingerprint density at radius 3 is 2.56 bits per heavy atom. The predicted octanol–water partition coefficient (Wildman–Crippen LogP) is 7.87. The van der Waals surface area contributed by atoms with E-state index in [0.29, 0.717) is 15.3 Å². The van der Waals surface area contributed by atoms with Crippen LogP contribution in [0.5, 0.6) is 5.75 Å². The molecule has 0 aliphatic rings. The number of nitrogens with zero attached hydrogens (tertiary/aromatic N) is 2. The summed E-state index contributed by atoms with van der Waals surface area (Å²) in [6.07, 6.45) is 1.60. The minimum Gasteiger partial charge on any atom is -0.483 e. The number of halogens is 6. The summed E-state index contributed by atoms with van der Waals surface area (Å²) >= 11 is 27.5. The van der Waals surface area contributed by atoms with E-state index >= 15 is 0 Å². The molecule has 0 aliphatic heterocycles. The maximum absolute atomic E-state index is 14.1. The standard InChI is InChI=1S/C22H13BrCl4FN3O3/c23-14-9-31(8-13-15(25)2-1-3-18(13)28)30-21(14)29-22(32)19-5-4-12(34-19)10-33-20-16(26)6-11(24)7-17(20)27/h1-7,9H,8,10H2,(H,29,30,32). The Balaban J connectivity index is 1.41. The number of amides is 1. The monoisotopic (exact) mass is 605 g/mol. The van der Waals surface area contributed by atoms with Gasteiger partial charge in [-0.3, -0.25) is 9.48 Å². The molecule has 4 aromatic rings. The average molecular weight is 608 g/mol. The van der Waals surface area contributed by atoms with Gasteiger partial charge in [0.1, 0.15) is 18.2 Å². The molecule has 4 rings (SSSR count). The zero-order chi connectivity index (χ0) is 24.4. The molecule has 2 heterocycles. The van der Waals surface area contributed by atoms with Gasteiger partial charge in [0.2, 0.25) is 0 Å². The molecule has 0 bridgehead atoms. The van der Waals surface area contributed by atoms with Crippen molar-refractivity contribution in [2.24, 2.45) is 0 Å². The van der Waals surface area contributed by atoms with Gasteiger partial charge in [0.25, 0.3) is 5.91 Å². The number of ether oxygens (including phenoxy) is 1. The quantitative estimate of drug-likeness (QED) is 0.232. The Kier molecular flexibility index (Phi) is 7.74. The normalized spacial score (nSPS) is 11.0. The Labute approximate surface area is 221 Å². The molecular formula is C22H13BrCl4FN3O3. The molecule has 0 spiro atoms. The third-order valence-electron chi connectivity index (χ3n) is 4.54. The summed E-state index contributed by atoms with van der Waals surface area (Å²) in [7, 11) is 0. The van der Waals surface area contributed by atoms with Gasteiger partial charge in [0.15, 0.2) is 17.3 Å². The molecule has 34 heavy (non-hydrogen) atoms. The van der Waals surface area contributed by atoms with E-state index in [1.165, 1.54) is 35.0 Å². The SMILES string of the molecule is O=C(Nc1nn(Cc2c(F)cccc2Cl)cc1Br)c1ccc(COc2c(Cl)cc(Cl)cc2Cl)o1. The second-order valence-corrected chi connectivity index (χ2v) is 9.44. The summed E-state index contributed by atoms with van der Waals surface area (Å²) in [6.45, 7) is 0.0636. The number of rotatable bonds is 7. The molecule has 0 unspecified atom stereocenters. The van der Waals surface area contributed by atoms with Crippen LogP contribution in [0.2, 0.25) is 20.1 Å². The summed E-state index contributed by atoms with van der Waals surface area (Å²) in [5, 5.41) is 8.06. The van der Waals surface area contributed by atoms with Gasteiger partial charge in [-0.05, 0) is 52.3 Å². The number of aromatic nitrogens is 2. The van der Waals surface area contributed by atoms with Crippen molar-refractivity contribution in [3.63, 3.8) is 0 Å². The zero-order valence-corrected chi connectivity index (χ0v) is 21.5. The molecule has 2 aromatic carbocycles. The number of carbonyl (C=O) groups is 1. The predicted molar refractivity (Wildman–Crippen MR) is 133 cm³/mol. The van der Waals surface area contributed by atoms with E-state index in [2.05, 4.69) is 26.3 Å². The van der Waals surface area contributed by atoms with Crippen molar-refractivity contribution in [2.75, 3.05) is 5.32 Å². The summed E-state index contributed by atoms with van der Waals surface area (Å²) in [5.41, 5.74) is 0.286. The molecule has 0 radical (unpaired) electrons. The van der Waals surface area contributed by atoms with Gasteiger partial charge < -0.3 is 14.5 Å². The van der Waals surface area contributed by atoms with Crippen molar-refractivity contribution >= 4 is 74.1 Å². The van der Waals surface area contributed by atoms with Gasteiger partial charge in [-0.25, -0.2) is 4.39 Å². The lowest BCUT2D eigenvalue weighted by Gasteiger charge is -2.09. The van der Waals surface area contributed by atoms with E-state index in [9.17, 15) is 9.18 Å². The molecular weight excluding hydrogens is 595 g/mol. The lowest BCUT2D eigenvalue weighted by Crippen LogP contribution is -2.12. The van der Waals surface area contributed by atoms with Crippen molar-refractivity contribution in [1.82, 2.24) is 9.78 Å². The fraction of sp³-hybridized carbons (Fsp3) is 0.0909. The van der Waals surface area contributed by atoms with Gasteiger partial charge in [0.05, 0.1) is 21.1 Å². The second-order valence-electron chi connectivity index (χ2n) is 6.93. The number of hydrogen-bond acceptors (Lipinski definition) is 4. The highest BCUT2D eigenvalue weighted by Gasteiger charge is 2.17. The van der Waals surface area contributed by atoms with E-state index < -0.39 is 11.7 Å². The van der Waals surface area contributed by atoms with Gasteiger partial charge >= 0.3 is 0 Å². The number of nitrogens with one attached hydrogen (secondary N) is 1. The van der Waals surface area contributed by atoms with Crippen molar-refractivity contribution in [3.05, 3.63) is 96.1 Å². The van der Waals surface area contributed by atoms with Crippen LogP contribution >= 0.6 is 62.3 Å². The van der Waals surface area contributed by atoms with Crippen LogP contribution in [0.25, 0.3) is 0 Å². The largest absolute Gasteiger partial charge is 0.483 e. The number of benzene rings is 2. The van der Waals surface area contributed by atoms with Crippen LogP contribution in [0.3, 0.4) is 0 Å². The van der Waals surface area contributed by atoms with Crippen molar-refractivity contribution in [3.8, 4) is 5.75 Å². The molecule has 0 fully saturated rings. The number of furan rings is 1. The van der Waals surface area contributed by atoms with E-state index in [0.717, 1.165) is 0 Å². The van der Waals surface area contributed by atoms with Crippen LogP contribution in [0.4, 0.5) is 10.2 Å². The van der Waals surface area contributed by atoms with Gasteiger partial charge in [0, 0.05) is 21.8 Å². The van der Waals surface area contributed by atoms with Crippen LogP contribution in [0.1, 0.15) is 21.9 Å². The zero-order valence-electron chi connectivity index (χ0n) is 16.9. The average Bonchev–Trinajstić information content (AvgIpc) is 3.37. The molecule has 1 N–H and O–H groups in total. The fourth-order valence-corrected chi connectivity index (χ4v) is 4.53. The topological polar surface area (TPSA) is 69.3 Å². The maximum atomic E-state index is 14.1. The summed E-state index contributed by atoms with van der Waals surface area (Å²) in [5.74, 6) is -0.109. The lowest BCUT2D eigenvalue weighted by molar-refractivity contribution is 0.0992.